The Balaban J connectivity index is 3.96. The summed E-state index contributed by atoms with van der Waals surface area (Å²) >= 11 is 0. The zero-order chi connectivity index (χ0) is 39.5. The number of phosphoric ester groups is 1. The van der Waals surface area contributed by atoms with Crippen LogP contribution < -0.4 is 5.73 Å². The summed E-state index contributed by atoms with van der Waals surface area (Å²) in [6.07, 6.45) is 47.6. The molecule has 0 aliphatic carbocycles. The van der Waals surface area contributed by atoms with Crippen LogP contribution >= 0.6 is 7.82 Å². The molecule has 0 aromatic rings. The summed E-state index contributed by atoms with van der Waals surface area (Å²) in [5.74, 6) is -0.346. The number of hydrogen-bond donors (Lipinski definition) is 2. The number of hydrogen-bond acceptors (Lipinski definition) is 7. The maximum atomic E-state index is 12.6. The van der Waals surface area contributed by atoms with Crippen LogP contribution in [0, 0.1) is 0 Å². The molecule has 0 fully saturated rings. The molecule has 1 unspecified atom stereocenters. The first-order valence-electron chi connectivity index (χ1n) is 23.2. The van der Waals surface area contributed by atoms with Crippen LogP contribution in [0.15, 0.2) is 12.3 Å². The Bertz CT molecular complexity index is 843. The Kier molecular flexibility index (Phi) is 42.5. The normalized spacial score (nSPS) is 13.4. The second kappa shape index (κ2) is 43.2. The van der Waals surface area contributed by atoms with Crippen LogP contribution in [-0.2, 0) is 27.9 Å². The van der Waals surface area contributed by atoms with E-state index in [1.807, 2.05) is 6.08 Å². The number of ether oxygens (including phenoxy) is 2. The summed E-state index contributed by atoms with van der Waals surface area (Å²) in [6, 6.07) is 0. The number of carbonyl (C=O) groups excluding carboxylic acids is 1. The minimum Gasteiger partial charge on any atom is -0.498 e. The fourth-order valence-corrected chi connectivity index (χ4v) is 7.61. The molecule has 3 N–H and O–H groups in total. The van der Waals surface area contributed by atoms with Crippen molar-refractivity contribution in [2.24, 2.45) is 5.73 Å². The van der Waals surface area contributed by atoms with E-state index in [0.29, 0.717) is 6.42 Å². The van der Waals surface area contributed by atoms with E-state index in [-0.39, 0.29) is 32.3 Å². The molecule has 0 aliphatic heterocycles. The van der Waals surface area contributed by atoms with Gasteiger partial charge in [-0.1, -0.05) is 213 Å². The maximum Gasteiger partial charge on any atom is 0.472 e. The smallest absolute Gasteiger partial charge is 0.472 e. The number of phosphoric acid groups is 1. The summed E-state index contributed by atoms with van der Waals surface area (Å²) in [5.41, 5.74) is 5.37. The van der Waals surface area contributed by atoms with Gasteiger partial charge in [0, 0.05) is 13.0 Å². The van der Waals surface area contributed by atoms with E-state index in [9.17, 15) is 14.3 Å². The third-order valence-electron chi connectivity index (χ3n) is 10.3. The highest BCUT2D eigenvalue weighted by Gasteiger charge is 2.25. The molecular formula is C45H90NO7P. The zero-order valence-corrected chi connectivity index (χ0v) is 36.6. The van der Waals surface area contributed by atoms with Crippen molar-refractivity contribution in [1.29, 1.82) is 0 Å². The topological polar surface area (TPSA) is 117 Å². The molecule has 322 valence electrons. The predicted octanol–water partition coefficient (Wildman–Crippen LogP) is 14.2. The average molecular weight is 788 g/mol. The average Bonchev–Trinajstić information content (AvgIpc) is 3.16. The van der Waals surface area contributed by atoms with Gasteiger partial charge >= 0.3 is 13.8 Å². The van der Waals surface area contributed by atoms with Crippen molar-refractivity contribution in [3.63, 3.8) is 0 Å². The Hall–Kier alpha value is -0.920. The van der Waals surface area contributed by atoms with E-state index >= 15 is 0 Å². The van der Waals surface area contributed by atoms with Crippen LogP contribution in [0.3, 0.4) is 0 Å². The largest absolute Gasteiger partial charge is 0.498 e. The molecule has 0 saturated heterocycles. The predicted molar refractivity (Wildman–Crippen MR) is 229 cm³/mol. The molecule has 0 saturated carbocycles. The quantitative estimate of drug-likeness (QED) is 0.0271. The summed E-state index contributed by atoms with van der Waals surface area (Å²) in [4.78, 5) is 22.5. The van der Waals surface area contributed by atoms with Crippen LogP contribution in [0.1, 0.15) is 239 Å². The first-order valence-corrected chi connectivity index (χ1v) is 24.7. The Morgan fingerprint density at radius 1 is 0.556 bits per heavy atom. The van der Waals surface area contributed by atoms with Gasteiger partial charge in [0.05, 0.1) is 19.5 Å². The van der Waals surface area contributed by atoms with Crippen LogP contribution in [0.25, 0.3) is 0 Å². The number of carbonyl (C=O) groups is 1. The molecule has 54 heavy (non-hydrogen) atoms. The van der Waals surface area contributed by atoms with Gasteiger partial charge in [0.1, 0.15) is 6.61 Å². The van der Waals surface area contributed by atoms with Crippen molar-refractivity contribution in [2.45, 2.75) is 245 Å². The lowest BCUT2D eigenvalue weighted by Crippen LogP contribution is -2.27. The molecule has 2 atom stereocenters. The highest BCUT2D eigenvalue weighted by molar-refractivity contribution is 7.47. The number of rotatable bonds is 45. The molecule has 0 spiro atoms. The minimum absolute atomic E-state index is 0.0386. The molecule has 0 bridgehead atoms. The second-order valence-corrected chi connectivity index (χ2v) is 17.2. The van der Waals surface area contributed by atoms with E-state index < -0.39 is 13.9 Å². The van der Waals surface area contributed by atoms with Crippen LogP contribution in [0.2, 0.25) is 0 Å². The zero-order valence-electron chi connectivity index (χ0n) is 35.7. The molecule has 0 rings (SSSR count). The second-order valence-electron chi connectivity index (χ2n) is 15.7. The third kappa shape index (κ3) is 42.2. The Morgan fingerprint density at radius 3 is 1.31 bits per heavy atom. The molecule has 0 aliphatic rings. The van der Waals surface area contributed by atoms with Gasteiger partial charge < -0.3 is 20.1 Å². The first kappa shape index (κ1) is 53.1. The molecular weight excluding hydrogens is 697 g/mol. The lowest BCUT2D eigenvalue weighted by molar-refractivity contribution is -0.153. The fraction of sp³-hybridized carbons (Fsp3) is 0.933. The minimum atomic E-state index is -4.29. The first-order chi connectivity index (χ1) is 26.4. The van der Waals surface area contributed by atoms with Gasteiger partial charge in [0.2, 0.25) is 0 Å². The highest BCUT2D eigenvalue weighted by Crippen LogP contribution is 2.43. The lowest BCUT2D eigenvalue weighted by atomic mass is 10.0. The highest BCUT2D eigenvalue weighted by atomic mass is 31.2. The summed E-state index contributed by atoms with van der Waals surface area (Å²) in [7, 11) is -4.29. The maximum absolute atomic E-state index is 12.6. The number of esters is 1. The summed E-state index contributed by atoms with van der Waals surface area (Å²) in [5, 5.41) is 0. The number of unbranched alkanes of at least 4 members (excludes halogenated alkanes) is 32. The lowest BCUT2D eigenvalue weighted by Gasteiger charge is -2.19. The molecule has 0 aromatic heterocycles. The third-order valence-corrected chi connectivity index (χ3v) is 11.3. The van der Waals surface area contributed by atoms with E-state index in [1.165, 1.54) is 186 Å². The van der Waals surface area contributed by atoms with E-state index in [2.05, 4.69) is 13.8 Å². The number of nitrogens with two attached hydrogens (primary N) is 1. The van der Waals surface area contributed by atoms with Crippen LogP contribution in [-0.4, -0.2) is 43.3 Å². The van der Waals surface area contributed by atoms with Crippen molar-refractivity contribution < 1.29 is 32.8 Å². The SMILES string of the molecule is CCCCCCCCCCCCCC/C=C/OC[C@H](COP(=O)(O)OCCN)OC(=O)CCCCCCCCCCCCCCCCCCCCCCC. The van der Waals surface area contributed by atoms with Crippen molar-refractivity contribution >= 4 is 13.8 Å². The van der Waals surface area contributed by atoms with Crippen molar-refractivity contribution in [3.8, 4) is 0 Å². The monoisotopic (exact) mass is 788 g/mol. The van der Waals surface area contributed by atoms with Crippen molar-refractivity contribution in [3.05, 3.63) is 12.3 Å². The van der Waals surface area contributed by atoms with Gasteiger partial charge in [-0.15, -0.1) is 0 Å². The molecule has 9 heteroatoms. The van der Waals surface area contributed by atoms with Gasteiger partial charge in [0.25, 0.3) is 0 Å². The van der Waals surface area contributed by atoms with E-state index in [1.54, 1.807) is 6.26 Å². The fourth-order valence-electron chi connectivity index (χ4n) is 6.85. The van der Waals surface area contributed by atoms with Crippen molar-refractivity contribution in [2.75, 3.05) is 26.4 Å². The van der Waals surface area contributed by atoms with Crippen LogP contribution in [0.5, 0.6) is 0 Å². The van der Waals surface area contributed by atoms with Gasteiger partial charge in [-0.3, -0.25) is 13.8 Å². The molecule has 8 nitrogen and oxygen atoms in total. The summed E-state index contributed by atoms with van der Waals surface area (Å²) in [6.45, 7) is 4.29. The number of allylic oxidation sites excluding steroid dienone is 1. The van der Waals surface area contributed by atoms with Gasteiger partial charge in [-0.2, -0.15) is 0 Å². The Morgan fingerprint density at radius 2 is 0.926 bits per heavy atom. The molecule has 0 amide bonds. The summed E-state index contributed by atoms with van der Waals surface area (Å²) < 4.78 is 33.2. The molecule has 0 aromatic carbocycles. The van der Waals surface area contributed by atoms with Gasteiger partial charge in [-0.25, -0.2) is 4.57 Å². The van der Waals surface area contributed by atoms with E-state index in [0.717, 1.165) is 32.1 Å². The molecule has 0 heterocycles. The Labute approximate surface area is 334 Å². The van der Waals surface area contributed by atoms with Gasteiger partial charge in [-0.05, 0) is 25.3 Å². The van der Waals surface area contributed by atoms with Gasteiger partial charge in [0.15, 0.2) is 6.10 Å². The van der Waals surface area contributed by atoms with Crippen LogP contribution in [0.4, 0.5) is 0 Å². The van der Waals surface area contributed by atoms with Crippen molar-refractivity contribution in [1.82, 2.24) is 0 Å². The standard InChI is InChI=1S/C45H90NO7P/c1-3-5-7-9-11-13-15-17-19-20-21-22-23-24-25-26-28-30-32-34-36-38-45(47)53-44(43-52-54(48,49)51-41-39-46)42-50-40-37-35-33-31-29-27-18-16-14-12-10-8-6-4-2/h37,40,44H,3-36,38-39,41-43,46H2,1-2H3,(H,48,49)/b40-37+/t44-/m1/s1. The molecule has 0 radical (unpaired) electrons. The van der Waals surface area contributed by atoms with E-state index in [4.69, 9.17) is 24.3 Å².